The first-order chi connectivity index (χ1) is 18.9. The summed E-state index contributed by atoms with van der Waals surface area (Å²) in [5.41, 5.74) is 6.91. The van der Waals surface area contributed by atoms with Crippen LogP contribution in [0.1, 0.15) is 18.5 Å². The van der Waals surface area contributed by atoms with Gasteiger partial charge in [0, 0.05) is 42.8 Å². The molecule has 0 saturated carbocycles. The Labute approximate surface area is 224 Å². The number of H-pyrrole nitrogens is 1. The van der Waals surface area contributed by atoms with Gasteiger partial charge in [0.2, 0.25) is 5.91 Å². The Morgan fingerprint density at radius 1 is 1.26 bits per heavy atom. The number of β-amino-alcohol motifs (C(OH)–C–C–N with tert-alkyl or cyclic N) is 1. The SMILES string of the molecule is COc1cc2c(N(c3cccc(F)c3)c3cc(CC(N)=O)[nH]n3)ncnc2cc1OCCCN1CC[C@H](O)C1. The fraction of sp³-hybridized carbons (Fsp3) is 0.333. The van der Waals surface area contributed by atoms with Gasteiger partial charge in [-0.05, 0) is 37.1 Å². The maximum Gasteiger partial charge on any atom is 0.223 e. The molecule has 39 heavy (non-hydrogen) atoms. The number of hydrogen-bond acceptors (Lipinski definition) is 9. The third-order valence-corrected chi connectivity index (χ3v) is 6.51. The Morgan fingerprint density at radius 2 is 2.13 bits per heavy atom. The number of nitrogens with zero attached hydrogens (tertiary/aromatic N) is 5. The van der Waals surface area contributed by atoms with E-state index in [1.165, 1.54) is 18.5 Å². The number of carbonyl (C=O) groups excluding carboxylic acids is 1. The Bertz CT molecular complexity index is 1460. The fourth-order valence-corrected chi connectivity index (χ4v) is 4.71. The van der Waals surface area contributed by atoms with Gasteiger partial charge in [0.1, 0.15) is 18.0 Å². The molecule has 4 N–H and O–H groups in total. The molecule has 0 radical (unpaired) electrons. The van der Waals surface area contributed by atoms with Crippen LogP contribution in [-0.2, 0) is 11.2 Å². The molecule has 3 heterocycles. The summed E-state index contributed by atoms with van der Waals surface area (Å²) in [6.45, 7) is 2.89. The normalized spacial score (nSPS) is 15.5. The average Bonchev–Trinajstić information content (AvgIpc) is 3.54. The van der Waals surface area contributed by atoms with Crippen molar-refractivity contribution in [1.82, 2.24) is 25.1 Å². The number of benzene rings is 2. The van der Waals surface area contributed by atoms with Gasteiger partial charge in [-0.1, -0.05) is 6.07 Å². The van der Waals surface area contributed by atoms with Crippen LogP contribution >= 0.6 is 0 Å². The molecule has 0 bridgehead atoms. The maximum absolute atomic E-state index is 14.3. The minimum atomic E-state index is -0.509. The molecule has 1 amide bonds. The molecule has 0 spiro atoms. The Morgan fingerprint density at radius 3 is 2.87 bits per heavy atom. The number of fused-ring (bicyclic) bond motifs is 1. The molecule has 0 aliphatic carbocycles. The van der Waals surface area contributed by atoms with E-state index in [1.807, 2.05) is 0 Å². The number of likely N-dealkylation sites (tertiary alicyclic amines) is 1. The summed E-state index contributed by atoms with van der Waals surface area (Å²) in [5, 5.41) is 17.5. The number of primary amides is 1. The molecular formula is C27H30FN7O4. The van der Waals surface area contributed by atoms with Crippen molar-refractivity contribution in [1.29, 1.82) is 0 Å². The van der Waals surface area contributed by atoms with Crippen LogP contribution in [0.5, 0.6) is 11.5 Å². The highest BCUT2D eigenvalue weighted by molar-refractivity contribution is 5.96. The summed E-state index contributed by atoms with van der Waals surface area (Å²) in [7, 11) is 1.55. The molecule has 1 atom stereocenters. The van der Waals surface area contributed by atoms with Crippen LogP contribution in [0.4, 0.5) is 21.7 Å². The zero-order valence-corrected chi connectivity index (χ0v) is 21.5. The molecule has 12 heteroatoms. The van der Waals surface area contributed by atoms with Gasteiger partial charge in [0.15, 0.2) is 17.3 Å². The number of aliphatic hydroxyl groups is 1. The number of carbonyl (C=O) groups is 1. The number of rotatable bonds is 11. The third-order valence-electron chi connectivity index (χ3n) is 6.51. The van der Waals surface area contributed by atoms with Crippen LogP contribution in [0, 0.1) is 5.82 Å². The molecule has 11 nitrogen and oxygen atoms in total. The summed E-state index contributed by atoms with van der Waals surface area (Å²) < 4.78 is 26.0. The number of amides is 1. The van der Waals surface area contributed by atoms with E-state index in [0.717, 1.165) is 25.9 Å². The minimum Gasteiger partial charge on any atom is -0.493 e. The van der Waals surface area contributed by atoms with E-state index in [4.69, 9.17) is 15.2 Å². The lowest BCUT2D eigenvalue weighted by atomic mass is 10.1. The van der Waals surface area contributed by atoms with E-state index < -0.39 is 11.7 Å². The number of nitrogens with two attached hydrogens (primary N) is 1. The molecule has 1 aliphatic rings. The lowest BCUT2D eigenvalue weighted by Gasteiger charge is -2.23. The van der Waals surface area contributed by atoms with E-state index in [0.29, 0.717) is 58.6 Å². The van der Waals surface area contributed by atoms with Gasteiger partial charge in [0.25, 0.3) is 0 Å². The lowest BCUT2D eigenvalue weighted by molar-refractivity contribution is -0.117. The van der Waals surface area contributed by atoms with Gasteiger partial charge in [-0.15, -0.1) is 0 Å². The zero-order chi connectivity index (χ0) is 27.4. The van der Waals surface area contributed by atoms with Crippen molar-refractivity contribution in [3.05, 3.63) is 60.3 Å². The van der Waals surface area contributed by atoms with Gasteiger partial charge in [0.05, 0.1) is 37.4 Å². The van der Waals surface area contributed by atoms with Crippen molar-refractivity contribution in [2.24, 2.45) is 5.73 Å². The highest BCUT2D eigenvalue weighted by atomic mass is 19.1. The molecule has 5 rings (SSSR count). The van der Waals surface area contributed by atoms with Crippen LogP contribution in [0.2, 0.25) is 0 Å². The van der Waals surface area contributed by atoms with Crippen molar-refractivity contribution in [3.63, 3.8) is 0 Å². The highest BCUT2D eigenvalue weighted by Gasteiger charge is 2.23. The first-order valence-corrected chi connectivity index (χ1v) is 12.7. The van der Waals surface area contributed by atoms with Crippen LogP contribution in [0.3, 0.4) is 0 Å². The number of nitrogens with one attached hydrogen (secondary N) is 1. The number of aromatic nitrogens is 4. The molecule has 2 aromatic carbocycles. The van der Waals surface area contributed by atoms with Crippen molar-refractivity contribution in [3.8, 4) is 11.5 Å². The van der Waals surface area contributed by atoms with Crippen molar-refractivity contribution in [2.45, 2.75) is 25.4 Å². The summed E-state index contributed by atoms with van der Waals surface area (Å²) in [4.78, 5) is 24.3. The number of hydrogen-bond donors (Lipinski definition) is 3. The second-order valence-corrected chi connectivity index (χ2v) is 9.37. The van der Waals surface area contributed by atoms with Gasteiger partial charge < -0.3 is 25.2 Å². The van der Waals surface area contributed by atoms with E-state index in [2.05, 4.69) is 25.1 Å². The molecule has 4 aromatic rings. The van der Waals surface area contributed by atoms with Crippen LogP contribution in [-0.4, -0.2) is 75.5 Å². The van der Waals surface area contributed by atoms with Gasteiger partial charge in [-0.25, -0.2) is 14.4 Å². The predicted octanol–water partition coefficient (Wildman–Crippen LogP) is 2.83. The molecule has 2 aromatic heterocycles. The molecule has 204 valence electrons. The first kappa shape index (κ1) is 26.3. The molecule has 0 unspecified atom stereocenters. The van der Waals surface area contributed by atoms with Gasteiger partial charge in [-0.3, -0.25) is 14.8 Å². The zero-order valence-electron chi connectivity index (χ0n) is 21.5. The smallest absolute Gasteiger partial charge is 0.223 e. The van der Waals surface area contributed by atoms with E-state index in [9.17, 15) is 14.3 Å². The maximum atomic E-state index is 14.3. The van der Waals surface area contributed by atoms with Crippen LogP contribution < -0.4 is 20.1 Å². The lowest BCUT2D eigenvalue weighted by Crippen LogP contribution is -2.24. The standard InChI is InChI=1S/C27H30FN7O4/c1-38-23-13-21-22(14-24(23)39-9-3-7-34-8-6-20(36)15-34)30-16-31-27(21)35(19-5-2-4-17(28)10-19)26-12-18(32-33-26)11-25(29)37/h2,4-5,10,12-14,16,20,36H,3,6-9,11,15H2,1H3,(H2,29,37)(H,32,33)/t20-/m0/s1. The number of aliphatic hydroxyl groups excluding tert-OH is 1. The molecule has 1 aliphatic heterocycles. The largest absolute Gasteiger partial charge is 0.493 e. The molecule has 1 saturated heterocycles. The predicted molar refractivity (Wildman–Crippen MR) is 143 cm³/mol. The molecular weight excluding hydrogens is 505 g/mol. The second kappa shape index (κ2) is 11.6. The fourth-order valence-electron chi connectivity index (χ4n) is 4.71. The van der Waals surface area contributed by atoms with E-state index >= 15 is 0 Å². The summed E-state index contributed by atoms with van der Waals surface area (Å²) in [5.74, 6) is 0.914. The number of ether oxygens (including phenoxy) is 2. The Balaban J connectivity index is 1.47. The van der Waals surface area contributed by atoms with Crippen molar-refractivity contribution < 1.29 is 23.8 Å². The number of halogens is 1. The number of anilines is 3. The van der Waals surface area contributed by atoms with Gasteiger partial charge in [-0.2, -0.15) is 5.10 Å². The van der Waals surface area contributed by atoms with Gasteiger partial charge >= 0.3 is 0 Å². The first-order valence-electron chi connectivity index (χ1n) is 12.7. The van der Waals surface area contributed by atoms with E-state index in [1.54, 1.807) is 42.3 Å². The number of methoxy groups -OCH3 is 1. The second-order valence-electron chi connectivity index (χ2n) is 9.37. The molecule has 1 fully saturated rings. The van der Waals surface area contributed by atoms with Crippen LogP contribution in [0.15, 0.2) is 48.8 Å². The average molecular weight is 536 g/mol. The third kappa shape index (κ3) is 6.07. The van der Waals surface area contributed by atoms with Crippen LogP contribution in [0.25, 0.3) is 10.9 Å². The minimum absolute atomic E-state index is 0.0264. The van der Waals surface area contributed by atoms with Crippen molar-refractivity contribution >= 4 is 34.1 Å². The summed E-state index contributed by atoms with van der Waals surface area (Å²) in [6, 6.07) is 11.3. The van der Waals surface area contributed by atoms with E-state index in [-0.39, 0.29) is 12.5 Å². The van der Waals surface area contributed by atoms with Crippen molar-refractivity contribution in [2.75, 3.05) is 38.3 Å². The quantitative estimate of drug-likeness (QED) is 0.247. The summed E-state index contributed by atoms with van der Waals surface area (Å²) >= 11 is 0. The topological polar surface area (TPSA) is 143 Å². The summed E-state index contributed by atoms with van der Waals surface area (Å²) in [6.07, 6.45) is 2.74. The highest BCUT2D eigenvalue weighted by Crippen LogP contribution is 2.40. The Hall–Kier alpha value is -4.29. The number of aromatic amines is 1. The monoisotopic (exact) mass is 535 g/mol. The Kier molecular flexibility index (Phi) is 7.84.